The van der Waals surface area contributed by atoms with E-state index in [1.807, 2.05) is 24.3 Å². The third kappa shape index (κ3) is 4.09. The maximum Gasteiger partial charge on any atom is 0.275 e. The van der Waals surface area contributed by atoms with Gasteiger partial charge in [-0.15, -0.1) is 0 Å². The molecular weight excluding hydrogens is 357 g/mol. The predicted molar refractivity (Wildman–Crippen MR) is 108 cm³/mol. The van der Waals surface area contributed by atoms with Crippen LogP contribution in [-0.2, 0) is 0 Å². The van der Waals surface area contributed by atoms with Crippen molar-refractivity contribution in [1.29, 1.82) is 0 Å². The zero-order valence-corrected chi connectivity index (χ0v) is 15.2. The highest BCUT2D eigenvalue weighted by Crippen LogP contribution is 2.22. The minimum absolute atomic E-state index is 0.183. The van der Waals surface area contributed by atoms with Gasteiger partial charge < -0.3 is 15.5 Å². The second-order valence-corrected chi connectivity index (χ2v) is 6.59. The second kappa shape index (κ2) is 8.04. The second-order valence-electron chi connectivity index (χ2n) is 6.59. The Hall–Kier alpha value is -3.48. The SMILES string of the molecule is O=C(Nc1ccc(N2CCCC2)cc1)c1cnc(Nc2ccccc2F)cn1. The van der Waals surface area contributed by atoms with Gasteiger partial charge in [-0.1, -0.05) is 12.1 Å². The van der Waals surface area contributed by atoms with Crippen molar-refractivity contribution >= 4 is 28.8 Å². The molecular formula is C21H20FN5O. The fourth-order valence-electron chi connectivity index (χ4n) is 3.14. The van der Waals surface area contributed by atoms with Crippen molar-refractivity contribution < 1.29 is 9.18 Å². The summed E-state index contributed by atoms with van der Waals surface area (Å²) in [6.45, 7) is 2.16. The molecule has 2 N–H and O–H groups in total. The first-order valence-electron chi connectivity index (χ1n) is 9.19. The molecule has 3 aromatic rings. The van der Waals surface area contributed by atoms with E-state index < -0.39 is 0 Å². The smallest absolute Gasteiger partial charge is 0.275 e. The molecule has 1 fully saturated rings. The Balaban J connectivity index is 1.38. The molecule has 1 amide bonds. The minimum atomic E-state index is -0.386. The first-order chi connectivity index (χ1) is 13.7. The Morgan fingerprint density at radius 1 is 0.964 bits per heavy atom. The predicted octanol–water partition coefficient (Wildman–Crippen LogP) is 4.21. The molecule has 1 aliphatic rings. The standard InChI is InChI=1S/C21H20FN5O/c22-17-5-1-2-6-18(17)26-20-14-23-19(13-24-20)21(28)25-15-7-9-16(10-8-15)27-11-3-4-12-27/h1-2,5-10,13-14H,3-4,11-12H2,(H,24,26)(H,25,28). The molecule has 0 radical (unpaired) electrons. The molecule has 0 bridgehead atoms. The molecule has 2 aromatic carbocycles. The Morgan fingerprint density at radius 2 is 1.71 bits per heavy atom. The van der Waals surface area contributed by atoms with Gasteiger partial charge in [0.15, 0.2) is 0 Å². The highest BCUT2D eigenvalue weighted by molar-refractivity contribution is 6.02. The van der Waals surface area contributed by atoms with Crippen LogP contribution in [-0.4, -0.2) is 29.0 Å². The van der Waals surface area contributed by atoms with Crippen molar-refractivity contribution in [2.45, 2.75) is 12.8 Å². The van der Waals surface area contributed by atoms with Crippen LogP contribution in [0.15, 0.2) is 60.9 Å². The molecule has 0 aliphatic carbocycles. The van der Waals surface area contributed by atoms with E-state index in [0.29, 0.717) is 17.2 Å². The molecule has 1 aromatic heterocycles. The van der Waals surface area contributed by atoms with Crippen molar-refractivity contribution in [2.24, 2.45) is 0 Å². The number of benzene rings is 2. The zero-order chi connectivity index (χ0) is 19.3. The number of aromatic nitrogens is 2. The average molecular weight is 377 g/mol. The van der Waals surface area contributed by atoms with Gasteiger partial charge in [0.05, 0.1) is 18.1 Å². The third-order valence-electron chi connectivity index (χ3n) is 4.62. The Labute approximate surface area is 162 Å². The number of halogens is 1. The number of hydrogen-bond donors (Lipinski definition) is 2. The van der Waals surface area contributed by atoms with Gasteiger partial charge >= 0.3 is 0 Å². The number of rotatable bonds is 5. The maximum absolute atomic E-state index is 13.7. The van der Waals surface area contributed by atoms with Gasteiger partial charge in [0, 0.05) is 24.5 Å². The van der Waals surface area contributed by atoms with Gasteiger partial charge in [0.25, 0.3) is 5.91 Å². The molecule has 4 rings (SSSR count). The molecule has 0 spiro atoms. The minimum Gasteiger partial charge on any atom is -0.372 e. The van der Waals surface area contributed by atoms with E-state index in [1.165, 1.54) is 37.0 Å². The van der Waals surface area contributed by atoms with Crippen LogP contribution in [0.2, 0.25) is 0 Å². The van der Waals surface area contributed by atoms with Crippen LogP contribution in [0, 0.1) is 5.82 Å². The lowest BCUT2D eigenvalue weighted by molar-refractivity contribution is 0.102. The summed E-state index contributed by atoms with van der Waals surface area (Å²) < 4.78 is 13.7. The van der Waals surface area contributed by atoms with E-state index in [1.54, 1.807) is 18.2 Å². The van der Waals surface area contributed by atoms with E-state index in [4.69, 9.17) is 0 Å². The van der Waals surface area contributed by atoms with Gasteiger partial charge in [-0.25, -0.2) is 14.4 Å². The molecule has 7 heteroatoms. The van der Waals surface area contributed by atoms with E-state index in [0.717, 1.165) is 13.1 Å². The fourth-order valence-corrected chi connectivity index (χ4v) is 3.14. The molecule has 0 saturated carbocycles. The number of anilines is 4. The first kappa shape index (κ1) is 17.9. The van der Waals surface area contributed by atoms with Crippen molar-refractivity contribution in [2.75, 3.05) is 28.6 Å². The lowest BCUT2D eigenvalue weighted by Gasteiger charge is -2.17. The lowest BCUT2D eigenvalue weighted by Crippen LogP contribution is -2.18. The number of hydrogen-bond acceptors (Lipinski definition) is 5. The molecule has 142 valence electrons. The molecule has 0 atom stereocenters. The van der Waals surface area contributed by atoms with Crippen LogP contribution in [0.5, 0.6) is 0 Å². The van der Waals surface area contributed by atoms with Crippen LogP contribution in [0.3, 0.4) is 0 Å². The summed E-state index contributed by atoms with van der Waals surface area (Å²) in [5, 5.41) is 5.65. The Bertz CT molecular complexity index is 953. The third-order valence-corrected chi connectivity index (χ3v) is 4.62. The van der Waals surface area contributed by atoms with Gasteiger partial charge in [0.2, 0.25) is 0 Å². The highest BCUT2D eigenvalue weighted by atomic mass is 19.1. The van der Waals surface area contributed by atoms with E-state index in [9.17, 15) is 9.18 Å². The lowest BCUT2D eigenvalue weighted by atomic mass is 10.2. The zero-order valence-electron chi connectivity index (χ0n) is 15.2. The number of carbonyl (C=O) groups excluding carboxylic acids is 1. The number of amides is 1. The van der Waals surface area contributed by atoms with Gasteiger partial charge in [-0.2, -0.15) is 0 Å². The summed E-state index contributed by atoms with van der Waals surface area (Å²) in [7, 11) is 0. The molecule has 0 unspecified atom stereocenters. The highest BCUT2D eigenvalue weighted by Gasteiger charge is 2.13. The average Bonchev–Trinajstić information content (AvgIpc) is 3.26. The summed E-state index contributed by atoms with van der Waals surface area (Å²) >= 11 is 0. The summed E-state index contributed by atoms with van der Waals surface area (Å²) in [5.41, 5.74) is 2.34. The van der Waals surface area contributed by atoms with E-state index >= 15 is 0 Å². The summed E-state index contributed by atoms with van der Waals surface area (Å²) in [4.78, 5) is 23.0. The van der Waals surface area contributed by atoms with Crippen molar-refractivity contribution in [3.8, 4) is 0 Å². The van der Waals surface area contributed by atoms with Crippen molar-refractivity contribution in [3.63, 3.8) is 0 Å². The van der Waals surface area contributed by atoms with Gasteiger partial charge in [0.1, 0.15) is 17.3 Å². The number of carbonyl (C=O) groups is 1. The van der Waals surface area contributed by atoms with Gasteiger partial charge in [-0.3, -0.25) is 4.79 Å². The molecule has 28 heavy (non-hydrogen) atoms. The topological polar surface area (TPSA) is 70.2 Å². The first-order valence-corrected chi connectivity index (χ1v) is 9.19. The Morgan fingerprint density at radius 3 is 2.39 bits per heavy atom. The summed E-state index contributed by atoms with van der Waals surface area (Å²) in [5.74, 6) is -0.376. The molecule has 6 nitrogen and oxygen atoms in total. The van der Waals surface area contributed by atoms with Crippen molar-refractivity contribution in [3.05, 3.63) is 72.4 Å². The number of para-hydroxylation sites is 1. The molecule has 2 heterocycles. The normalized spacial score (nSPS) is 13.4. The Kier molecular flexibility index (Phi) is 5.14. The largest absolute Gasteiger partial charge is 0.372 e. The van der Waals surface area contributed by atoms with E-state index in [-0.39, 0.29) is 17.4 Å². The van der Waals surface area contributed by atoms with Crippen LogP contribution in [0.4, 0.5) is 27.3 Å². The maximum atomic E-state index is 13.7. The van der Waals surface area contributed by atoms with Crippen LogP contribution < -0.4 is 15.5 Å². The van der Waals surface area contributed by atoms with Crippen LogP contribution in [0.1, 0.15) is 23.3 Å². The summed E-state index contributed by atoms with van der Waals surface area (Å²) in [6, 6.07) is 14.1. The number of nitrogens with one attached hydrogen (secondary N) is 2. The fraction of sp³-hybridized carbons (Fsp3) is 0.190. The summed E-state index contributed by atoms with van der Waals surface area (Å²) in [6.07, 6.45) is 5.20. The monoisotopic (exact) mass is 377 g/mol. The van der Waals surface area contributed by atoms with Crippen molar-refractivity contribution in [1.82, 2.24) is 9.97 Å². The molecule has 1 saturated heterocycles. The quantitative estimate of drug-likeness (QED) is 0.697. The van der Waals surface area contributed by atoms with Crippen LogP contribution in [0.25, 0.3) is 0 Å². The number of nitrogens with zero attached hydrogens (tertiary/aromatic N) is 3. The molecule has 1 aliphatic heterocycles. The van der Waals surface area contributed by atoms with Gasteiger partial charge in [-0.05, 0) is 49.2 Å². The van der Waals surface area contributed by atoms with E-state index in [2.05, 4.69) is 25.5 Å². The van der Waals surface area contributed by atoms with Crippen LogP contribution >= 0.6 is 0 Å².